The molecule has 7 heteroatoms. The number of fused-ring (bicyclic) bond motifs is 4. The van der Waals surface area contributed by atoms with Gasteiger partial charge in [-0.25, -0.2) is 9.78 Å². The summed E-state index contributed by atoms with van der Waals surface area (Å²) in [5.74, 6) is -0.339. The number of azo groups is 2. The number of carbonyl (C=O) groups excluding carboxylic acids is 2. The molecule has 122 valence electrons. The molecule has 0 spiro atoms. The summed E-state index contributed by atoms with van der Waals surface area (Å²) in [4.78, 5) is 36.1. The van der Waals surface area contributed by atoms with Gasteiger partial charge in [-0.05, 0) is 53.5 Å². The van der Waals surface area contributed by atoms with Crippen LogP contribution in [0.25, 0.3) is 10.2 Å². The highest BCUT2D eigenvalue weighted by molar-refractivity contribution is 7.18. The van der Waals surface area contributed by atoms with Crippen LogP contribution < -0.4 is 0 Å². The Morgan fingerprint density at radius 3 is 2.68 bits per heavy atom. The molecule has 1 aliphatic heterocycles. The smallest absolute Gasteiger partial charge is 0.263 e. The number of benzene rings is 1. The Labute approximate surface area is 146 Å². The summed E-state index contributed by atoms with van der Waals surface area (Å²) >= 11 is 1.65. The summed E-state index contributed by atoms with van der Waals surface area (Å²) in [6.07, 6.45) is 5.69. The van der Waals surface area contributed by atoms with Crippen LogP contribution in [-0.4, -0.2) is 26.5 Å². The molecular weight excluding hydrogens is 336 g/mol. The van der Waals surface area contributed by atoms with E-state index in [4.69, 9.17) is 0 Å². The van der Waals surface area contributed by atoms with Crippen LogP contribution in [0.4, 0.5) is 5.82 Å². The van der Waals surface area contributed by atoms with Gasteiger partial charge in [0.1, 0.15) is 10.2 Å². The quantitative estimate of drug-likeness (QED) is 0.628. The molecule has 0 radical (unpaired) electrons. The normalized spacial score (nSPS) is 16.6. The van der Waals surface area contributed by atoms with Gasteiger partial charge in [0.15, 0.2) is 0 Å². The van der Waals surface area contributed by atoms with Gasteiger partial charge in [0.2, 0.25) is 6.33 Å². The van der Waals surface area contributed by atoms with Crippen molar-refractivity contribution in [1.82, 2.24) is 9.97 Å². The number of carbonyl (C=O) groups is 2. The van der Waals surface area contributed by atoms with Gasteiger partial charge in [0, 0.05) is 4.88 Å². The van der Waals surface area contributed by atoms with Gasteiger partial charge in [-0.2, -0.15) is 0 Å². The minimum absolute atomic E-state index is 0.328. The second kappa shape index (κ2) is 5.35. The molecule has 0 saturated carbocycles. The maximum atomic E-state index is 12.9. The van der Waals surface area contributed by atoms with Crippen molar-refractivity contribution < 1.29 is 14.3 Å². The molecule has 0 saturated heterocycles. The van der Waals surface area contributed by atoms with E-state index in [9.17, 15) is 9.59 Å². The van der Waals surface area contributed by atoms with Crippen LogP contribution in [0.2, 0.25) is 0 Å². The first-order chi connectivity index (χ1) is 12.2. The largest absolute Gasteiger partial charge is 0.367 e. The summed E-state index contributed by atoms with van der Waals surface area (Å²) < 4.78 is 1.15. The minimum atomic E-state index is -0.425. The Morgan fingerprint density at radius 1 is 1.00 bits per heavy atom. The Hall–Kier alpha value is -2.80. The van der Waals surface area contributed by atoms with Crippen LogP contribution in [0.5, 0.6) is 0 Å². The van der Waals surface area contributed by atoms with E-state index in [1.165, 1.54) is 23.2 Å². The fourth-order valence-electron chi connectivity index (χ4n) is 3.54. The zero-order chi connectivity index (χ0) is 17.0. The van der Waals surface area contributed by atoms with Gasteiger partial charge in [-0.1, -0.05) is 16.8 Å². The average molecular weight is 349 g/mol. The van der Waals surface area contributed by atoms with Crippen molar-refractivity contribution in [3.63, 3.8) is 0 Å². The summed E-state index contributed by atoms with van der Waals surface area (Å²) in [5, 5.41) is 4.88. The average Bonchev–Trinajstić information content (AvgIpc) is 3.03. The first-order valence-electron chi connectivity index (χ1n) is 8.19. The molecule has 1 aromatic carbocycles. The lowest BCUT2D eigenvalue weighted by Crippen LogP contribution is -2.25. The van der Waals surface area contributed by atoms with Crippen LogP contribution in [0.15, 0.2) is 35.7 Å². The van der Waals surface area contributed by atoms with Gasteiger partial charge in [0.25, 0.3) is 0 Å². The number of amides is 2. The molecule has 2 amide bonds. The molecule has 3 heterocycles. The number of rotatable bonds is 1. The third-order valence-electron chi connectivity index (χ3n) is 4.70. The lowest BCUT2D eigenvalue weighted by molar-refractivity contribution is -0.410. The van der Waals surface area contributed by atoms with E-state index in [1.807, 2.05) is 0 Å². The van der Waals surface area contributed by atoms with Gasteiger partial charge >= 0.3 is 17.6 Å². The standard InChI is InChI=1S/C18H13N4O2S/c23-16-10-5-1-2-6-11(10)18(24)22(21-16)15-14-12-7-3-4-8-13(12)25-17(14)20-9-19-15/h1-2,5-6,9H,3-4,7-8H2/q+1. The Bertz CT molecular complexity index is 1100. The highest BCUT2D eigenvalue weighted by atomic mass is 32.1. The van der Waals surface area contributed by atoms with Gasteiger partial charge in [0.05, 0.1) is 11.1 Å². The van der Waals surface area contributed by atoms with Crippen molar-refractivity contribution in [2.45, 2.75) is 25.7 Å². The van der Waals surface area contributed by atoms with E-state index in [1.54, 1.807) is 35.6 Å². The van der Waals surface area contributed by atoms with Crippen molar-refractivity contribution in [2.24, 2.45) is 5.11 Å². The molecule has 0 fully saturated rings. The molecule has 2 aliphatic rings. The van der Waals surface area contributed by atoms with Crippen LogP contribution in [0.3, 0.4) is 0 Å². The van der Waals surface area contributed by atoms with Crippen molar-refractivity contribution in [3.05, 3.63) is 52.2 Å². The lowest BCUT2D eigenvalue weighted by Gasteiger charge is -2.11. The van der Waals surface area contributed by atoms with Gasteiger partial charge in [-0.15, -0.1) is 11.3 Å². The van der Waals surface area contributed by atoms with Gasteiger partial charge in [-0.3, -0.25) is 4.79 Å². The van der Waals surface area contributed by atoms with E-state index in [-0.39, 0.29) is 5.91 Å². The third kappa shape index (κ3) is 2.09. The molecular formula is C18H13N4O2S+. The molecule has 0 N–H and O–H groups in total. The van der Waals surface area contributed by atoms with Crippen LogP contribution in [0, 0.1) is 0 Å². The predicted molar refractivity (Wildman–Crippen MR) is 91.5 cm³/mol. The molecule has 1 aliphatic carbocycles. The maximum absolute atomic E-state index is 12.9. The summed E-state index contributed by atoms with van der Waals surface area (Å²) in [7, 11) is 0. The predicted octanol–water partition coefficient (Wildman–Crippen LogP) is 3.66. The minimum Gasteiger partial charge on any atom is -0.263 e. The zero-order valence-electron chi connectivity index (χ0n) is 13.2. The summed E-state index contributed by atoms with van der Waals surface area (Å²) in [5.41, 5.74) is 1.90. The molecule has 0 bridgehead atoms. The second-order valence-electron chi connectivity index (χ2n) is 6.16. The summed E-state index contributed by atoms with van der Waals surface area (Å²) in [6, 6.07) is 6.75. The molecule has 25 heavy (non-hydrogen) atoms. The summed E-state index contributed by atoms with van der Waals surface area (Å²) in [6.45, 7) is 0. The Morgan fingerprint density at radius 2 is 1.80 bits per heavy atom. The number of aryl methyl sites for hydroxylation is 2. The van der Waals surface area contributed by atoms with Crippen molar-refractivity contribution in [2.75, 3.05) is 0 Å². The lowest BCUT2D eigenvalue weighted by atomic mass is 9.97. The molecule has 0 atom stereocenters. The molecule has 2 aromatic heterocycles. The van der Waals surface area contributed by atoms with Crippen molar-refractivity contribution >= 4 is 39.2 Å². The van der Waals surface area contributed by atoms with E-state index >= 15 is 0 Å². The Balaban J connectivity index is 1.76. The van der Waals surface area contributed by atoms with Crippen LogP contribution >= 0.6 is 11.3 Å². The first kappa shape index (κ1) is 14.5. The zero-order valence-corrected chi connectivity index (χ0v) is 14.0. The van der Waals surface area contributed by atoms with Gasteiger partial charge < -0.3 is 0 Å². The van der Waals surface area contributed by atoms with E-state index in [0.29, 0.717) is 16.9 Å². The van der Waals surface area contributed by atoms with E-state index < -0.39 is 5.91 Å². The number of hydrogen-bond donors (Lipinski definition) is 0. The fraction of sp³-hybridized carbons (Fsp3) is 0.222. The molecule has 6 nitrogen and oxygen atoms in total. The van der Waals surface area contributed by atoms with Crippen LogP contribution in [0.1, 0.15) is 44.0 Å². The molecule has 3 aromatic rings. The van der Waals surface area contributed by atoms with E-state index in [0.717, 1.165) is 34.2 Å². The van der Waals surface area contributed by atoms with E-state index in [2.05, 4.69) is 15.1 Å². The van der Waals surface area contributed by atoms with Crippen LogP contribution in [-0.2, 0) is 12.8 Å². The fourth-order valence-corrected chi connectivity index (χ4v) is 4.76. The third-order valence-corrected chi connectivity index (χ3v) is 5.90. The first-order valence-corrected chi connectivity index (χ1v) is 9.00. The highest BCUT2D eigenvalue weighted by Gasteiger charge is 2.36. The number of hydrogen-bond acceptors (Lipinski definition) is 5. The highest BCUT2D eigenvalue weighted by Crippen LogP contribution is 2.39. The number of thiophene rings is 1. The molecule has 5 rings (SSSR count). The number of aromatic nitrogens is 2. The van der Waals surface area contributed by atoms with Crippen molar-refractivity contribution in [1.29, 1.82) is 0 Å². The second-order valence-corrected chi connectivity index (χ2v) is 7.24. The maximum Gasteiger partial charge on any atom is 0.367 e. The Kier molecular flexibility index (Phi) is 3.11. The SMILES string of the molecule is O=C1N=[N+](c2ncnc3sc4c(c23)CCCC4)C(=O)c2ccccc21. The molecule has 0 unspecified atom stereocenters. The monoisotopic (exact) mass is 349 g/mol. The topological polar surface area (TPSA) is 75.3 Å². The van der Waals surface area contributed by atoms with Crippen molar-refractivity contribution in [3.8, 4) is 0 Å². The number of nitrogens with zero attached hydrogens (tertiary/aromatic N) is 4.